The first-order valence-corrected chi connectivity index (χ1v) is 7.00. The van der Waals surface area contributed by atoms with E-state index < -0.39 is 0 Å². The number of amides is 1. The van der Waals surface area contributed by atoms with E-state index in [-0.39, 0.29) is 11.8 Å². The zero-order valence-corrected chi connectivity index (χ0v) is 12.0. The van der Waals surface area contributed by atoms with Gasteiger partial charge in [-0.15, -0.1) is 0 Å². The lowest BCUT2D eigenvalue weighted by Crippen LogP contribution is -2.55. The minimum Gasteiger partial charge on any atom is -0.340 e. The summed E-state index contributed by atoms with van der Waals surface area (Å²) in [4.78, 5) is 18.4. The van der Waals surface area contributed by atoms with E-state index >= 15 is 0 Å². The summed E-state index contributed by atoms with van der Waals surface area (Å²) in [5, 5.41) is 3.45. The van der Waals surface area contributed by atoms with Crippen LogP contribution in [-0.4, -0.2) is 41.0 Å². The first kappa shape index (κ1) is 14.0. The monoisotopic (exact) mass is 261 g/mol. The van der Waals surface area contributed by atoms with Gasteiger partial charge in [0.1, 0.15) is 0 Å². The number of carbonyl (C=O) groups is 1. The molecule has 4 heteroatoms. The molecule has 1 fully saturated rings. The summed E-state index contributed by atoms with van der Waals surface area (Å²) < 4.78 is 0. The molecule has 1 aromatic rings. The maximum Gasteiger partial charge on any atom is 0.223 e. The Morgan fingerprint density at radius 2 is 1.95 bits per heavy atom. The minimum atomic E-state index is 0.246. The summed E-state index contributed by atoms with van der Waals surface area (Å²) in [7, 11) is 0. The van der Waals surface area contributed by atoms with E-state index in [1.807, 2.05) is 17.0 Å². The molecule has 0 spiro atoms. The molecular formula is C15H23N3O. The number of nitrogens with one attached hydrogen (secondary N) is 1. The Morgan fingerprint density at radius 1 is 1.37 bits per heavy atom. The number of pyridine rings is 1. The second kappa shape index (κ2) is 6.15. The Kier molecular flexibility index (Phi) is 4.53. The van der Waals surface area contributed by atoms with Crippen molar-refractivity contribution in [2.45, 2.75) is 45.2 Å². The van der Waals surface area contributed by atoms with Crippen LogP contribution in [0.2, 0.25) is 0 Å². The van der Waals surface area contributed by atoms with Gasteiger partial charge in [-0.25, -0.2) is 0 Å². The number of piperazine rings is 1. The highest BCUT2D eigenvalue weighted by Gasteiger charge is 2.25. The highest BCUT2D eigenvalue weighted by atomic mass is 16.2. The second-order valence-electron chi connectivity index (χ2n) is 5.65. The van der Waals surface area contributed by atoms with Crippen molar-refractivity contribution in [3.8, 4) is 0 Å². The quantitative estimate of drug-likeness (QED) is 0.902. The molecular weight excluding hydrogens is 238 g/mol. The van der Waals surface area contributed by atoms with Gasteiger partial charge in [0, 0.05) is 44.0 Å². The molecule has 19 heavy (non-hydrogen) atoms. The predicted octanol–water partition coefficient (Wildman–Crippen LogP) is 1.78. The minimum absolute atomic E-state index is 0.246. The molecule has 1 aliphatic rings. The summed E-state index contributed by atoms with van der Waals surface area (Å²) >= 11 is 0. The van der Waals surface area contributed by atoms with Crippen molar-refractivity contribution < 1.29 is 4.79 Å². The predicted molar refractivity (Wildman–Crippen MR) is 75.9 cm³/mol. The van der Waals surface area contributed by atoms with Crippen molar-refractivity contribution in [1.82, 2.24) is 15.2 Å². The van der Waals surface area contributed by atoms with Crippen molar-refractivity contribution in [2.75, 3.05) is 13.1 Å². The van der Waals surface area contributed by atoms with Crippen LogP contribution in [0.3, 0.4) is 0 Å². The van der Waals surface area contributed by atoms with Crippen LogP contribution in [0.4, 0.5) is 0 Å². The van der Waals surface area contributed by atoms with E-state index in [1.165, 1.54) is 5.56 Å². The largest absolute Gasteiger partial charge is 0.340 e. The van der Waals surface area contributed by atoms with Gasteiger partial charge in [0.2, 0.25) is 5.91 Å². The highest BCUT2D eigenvalue weighted by molar-refractivity contribution is 5.77. The molecule has 0 saturated carbocycles. The summed E-state index contributed by atoms with van der Waals surface area (Å²) in [6.45, 7) is 7.98. The molecule has 1 saturated heterocycles. The van der Waals surface area contributed by atoms with Gasteiger partial charge in [-0.2, -0.15) is 0 Å². The lowest BCUT2D eigenvalue weighted by molar-refractivity contribution is -0.133. The third-order valence-electron chi connectivity index (χ3n) is 3.67. The molecule has 2 heterocycles. The Morgan fingerprint density at radius 3 is 2.53 bits per heavy atom. The van der Waals surface area contributed by atoms with Crippen LogP contribution >= 0.6 is 0 Å². The molecule has 1 aliphatic heterocycles. The Hall–Kier alpha value is -1.42. The molecule has 0 radical (unpaired) electrons. The van der Waals surface area contributed by atoms with E-state index in [0.717, 1.165) is 13.1 Å². The van der Waals surface area contributed by atoms with Crippen molar-refractivity contribution in [2.24, 2.45) is 0 Å². The molecule has 0 unspecified atom stereocenters. The van der Waals surface area contributed by atoms with Crippen molar-refractivity contribution >= 4 is 5.91 Å². The average Bonchev–Trinajstić information content (AvgIpc) is 2.38. The normalized spacial score (nSPS) is 25.1. The maximum atomic E-state index is 12.4. The fourth-order valence-electron chi connectivity index (χ4n) is 2.73. The smallest absolute Gasteiger partial charge is 0.223 e. The zero-order chi connectivity index (χ0) is 13.8. The van der Waals surface area contributed by atoms with Crippen LogP contribution in [0.1, 0.15) is 38.7 Å². The van der Waals surface area contributed by atoms with Crippen LogP contribution < -0.4 is 5.32 Å². The van der Waals surface area contributed by atoms with Gasteiger partial charge in [0.15, 0.2) is 0 Å². The zero-order valence-electron chi connectivity index (χ0n) is 12.0. The lowest BCUT2D eigenvalue weighted by Gasteiger charge is -2.36. The molecule has 0 bridgehead atoms. The third-order valence-corrected chi connectivity index (χ3v) is 3.67. The van der Waals surface area contributed by atoms with Crippen LogP contribution in [0.25, 0.3) is 0 Å². The number of rotatable bonds is 3. The van der Waals surface area contributed by atoms with Gasteiger partial charge in [0.25, 0.3) is 0 Å². The lowest BCUT2D eigenvalue weighted by atomic mass is 9.98. The number of carbonyl (C=O) groups excluding carboxylic acids is 1. The average molecular weight is 261 g/mol. The molecule has 1 aromatic heterocycles. The van der Waals surface area contributed by atoms with Crippen molar-refractivity contribution in [3.63, 3.8) is 0 Å². The Balaban J connectivity index is 1.93. The standard InChI is InChI=1S/C15H23N3O/c1-11(14-4-6-16-7-5-14)8-15(19)18-9-12(2)17-13(3)10-18/h4-7,11-13,17H,8-10H2,1-3H3/t11-,12-,13+/m1/s1. The topological polar surface area (TPSA) is 45.2 Å². The van der Waals surface area contributed by atoms with Crippen LogP contribution in [0, 0.1) is 0 Å². The second-order valence-corrected chi connectivity index (χ2v) is 5.65. The Labute approximate surface area is 115 Å². The van der Waals surface area contributed by atoms with E-state index in [0.29, 0.717) is 18.5 Å². The van der Waals surface area contributed by atoms with E-state index in [1.54, 1.807) is 12.4 Å². The molecule has 1 amide bonds. The molecule has 1 N–H and O–H groups in total. The third kappa shape index (κ3) is 3.77. The highest BCUT2D eigenvalue weighted by Crippen LogP contribution is 2.19. The number of hydrogen-bond donors (Lipinski definition) is 1. The molecule has 4 nitrogen and oxygen atoms in total. The first-order valence-electron chi connectivity index (χ1n) is 7.00. The van der Waals surface area contributed by atoms with Crippen LogP contribution in [0.5, 0.6) is 0 Å². The number of hydrogen-bond acceptors (Lipinski definition) is 3. The van der Waals surface area contributed by atoms with Gasteiger partial charge in [0.05, 0.1) is 0 Å². The van der Waals surface area contributed by atoms with E-state index in [4.69, 9.17) is 0 Å². The van der Waals surface area contributed by atoms with Gasteiger partial charge in [-0.1, -0.05) is 6.92 Å². The summed E-state index contributed by atoms with van der Waals surface area (Å²) in [5.74, 6) is 0.500. The molecule has 104 valence electrons. The summed E-state index contributed by atoms with van der Waals surface area (Å²) in [6, 6.07) is 4.73. The van der Waals surface area contributed by atoms with Crippen LogP contribution in [0.15, 0.2) is 24.5 Å². The van der Waals surface area contributed by atoms with Crippen molar-refractivity contribution in [1.29, 1.82) is 0 Å². The van der Waals surface area contributed by atoms with E-state index in [9.17, 15) is 4.79 Å². The van der Waals surface area contributed by atoms with Gasteiger partial charge >= 0.3 is 0 Å². The van der Waals surface area contributed by atoms with Crippen molar-refractivity contribution in [3.05, 3.63) is 30.1 Å². The fraction of sp³-hybridized carbons (Fsp3) is 0.600. The molecule has 0 aliphatic carbocycles. The Bertz CT molecular complexity index is 411. The van der Waals surface area contributed by atoms with E-state index in [2.05, 4.69) is 31.1 Å². The first-order chi connectivity index (χ1) is 9.06. The summed E-state index contributed by atoms with van der Waals surface area (Å²) in [5.41, 5.74) is 1.18. The van der Waals surface area contributed by atoms with Gasteiger partial charge in [-0.05, 0) is 37.5 Å². The number of nitrogens with zero attached hydrogens (tertiary/aromatic N) is 2. The summed E-state index contributed by atoms with van der Waals surface area (Å²) in [6.07, 6.45) is 4.14. The molecule has 3 atom stereocenters. The molecule has 2 rings (SSSR count). The molecule has 0 aromatic carbocycles. The number of aromatic nitrogens is 1. The van der Waals surface area contributed by atoms with Gasteiger partial charge < -0.3 is 10.2 Å². The van der Waals surface area contributed by atoms with Gasteiger partial charge in [-0.3, -0.25) is 9.78 Å². The SMILES string of the molecule is C[C@@H]1CN(C(=O)C[C@@H](C)c2ccncc2)C[C@H](C)N1. The van der Waals surface area contributed by atoms with Crippen LogP contribution in [-0.2, 0) is 4.79 Å². The maximum absolute atomic E-state index is 12.4. The fourth-order valence-corrected chi connectivity index (χ4v) is 2.73.